The lowest BCUT2D eigenvalue weighted by molar-refractivity contribution is -0.128. The number of nitrogen functional groups attached to an aromatic ring is 1. The highest BCUT2D eigenvalue weighted by Crippen LogP contribution is 2.14. The van der Waals surface area contributed by atoms with Crippen molar-refractivity contribution >= 4 is 17.9 Å². The van der Waals surface area contributed by atoms with Crippen LogP contribution in [0.25, 0.3) is 0 Å². The van der Waals surface area contributed by atoms with Gasteiger partial charge in [-0.2, -0.15) is 0 Å². The van der Waals surface area contributed by atoms with Crippen LogP contribution in [0.15, 0.2) is 12.3 Å². The highest BCUT2D eigenvalue weighted by atomic mass is 16.2. The molecule has 0 aliphatic carbocycles. The molecule has 2 rings (SSSR count). The van der Waals surface area contributed by atoms with Gasteiger partial charge in [0.15, 0.2) is 0 Å². The summed E-state index contributed by atoms with van der Waals surface area (Å²) in [5, 5.41) is 2.66. The summed E-state index contributed by atoms with van der Waals surface area (Å²) in [6, 6.07) is 0.824. The first-order chi connectivity index (χ1) is 9.15. The number of carbonyl (C=O) groups is 2. The van der Waals surface area contributed by atoms with Crippen molar-refractivity contribution in [2.24, 2.45) is 5.84 Å². The summed E-state index contributed by atoms with van der Waals surface area (Å²) in [5.41, 5.74) is 2.86. The van der Waals surface area contributed by atoms with Gasteiger partial charge in [-0.05, 0) is 12.5 Å². The molecule has 1 saturated heterocycles. The smallest absolute Gasteiger partial charge is 0.325 e. The number of hydrogen-bond donors (Lipinski definition) is 3. The first-order valence-corrected chi connectivity index (χ1v) is 6.06. The topological polar surface area (TPSA) is 113 Å². The average Bonchev–Trinajstić information content (AvgIpc) is 2.67. The van der Waals surface area contributed by atoms with E-state index in [0.717, 1.165) is 11.3 Å². The quantitative estimate of drug-likeness (QED) is 0.391. The molecule has 1 atom stereocenters. The Bertz CT molecular complexity index is 492. The molecule has 4 N–H and O–H groups in total. The van der Waals surface area contributed by atoms with E-state index >= 15 is 0 Å². The molecule has 3 amide bonds. The van der Waals surface area contributed by atoms with Crippen molar-refractivity contribution in [3.8, 4) is 0 Å². The minimum absolute atomic E-state index is 0.113. The maximum atomic E-state index is 12.0. The summed E-state index contributed by atoms with van der Waals surface area (Å²) in [7, 11) is 0. The summed E-state index contributed by atoms with van der Waals surface area (Å²) in [6.07, 6.45) is 2.99. The van der Waals surface area contributed by atoms with E-state index in [1.54, 1.807) is 6.07 Å². The highest BCUT2D eigenvalue weighted by Gasteiger charge is 2.37. The van der Waals surface area contributed by atoms with Crippen molar-refractivity contribution in [3.05, 3.63) is 18.0 Å². The van der Waals surface area contributed by atoms with Gasteiger partial charge in [-0.3, -0.25) is 15.1 Å². The zero-order valence-corrected chi connectivity index (χ0v) is 10.6. The SMILES string of the molecule is CCCC1NC(=O)N(Cc2ccnc(NN)n2)C1=O. The molecule has 8 heteroatoms. The Morgan fingerprint density at radius 2 is 2.32 bits per heavy atom. The molecular formula is C11H16N6O2. The van der Waals surface area contributed by atoms with Crippen LogP contribution in [0.3, 0.4) is 0 Å². The molecular weight excluding hydrogens is 248 g/mol. The van der Waals surface area contributed by atoms with Crippen LogP contribution >= 0.6 is 0 Å². The number of nitrogens with two attached hydrogens (primary N) is 1. The zero-order valence-electron chi connectivity index (χ0n) is 10.6. The second kappa shape index (κ2) is 5.61. The first kappa shape index (κ1) is 13.2. The molecule has 0 saturated carbocycles. The summed E-state index contributed by atoms with van der Waals surface area (Å²) in [5.74, 6) is 5.24. The second-order valence-corrected chi connectivity index (χ2v) is 4.23. The van der Waals surface area contributed by atoms with Crippen molar-refractivity contribution < 1.29 is 9.59 Å². The van der Waals surface area contributed by atoms with Gasteiger partial charge >= 0.3 is 6.03 Å². The Kier molecular flexibility index (Phi) is 3.91. The van der Waals surface area contributed by atoms with Crippen LogP contribution in [0.5, 0.6) is 0 Å². The standard InChI is InChI=1S/C11H16N6O2/c1-2-3-8-9(18)17(11(19)15-8)6-7-4-5-13-10(14-7)16-12/h4-5,8H,2-3,6,12H2,1H3,(H,15,19)(H,13,14,16). The Hall–Kier alpha value is -2.22. The van der Waals surface area contributed by atoms with Gasteiger partial charge in [-0.1, -0.05) is 13.3 Å². The normalized spacial score (nSPS) is 18.6. The van der Waals surface area contributed by atoms with Gasteiger partial charge in [0, 0.05) is 6.20 Å². The van der Waals surface area contributed by atoms with Crippen LogP contribution in [0, 0.1) is 0 Å². The minimum atomic E-state index is -0.425. The average molecular weight is 264 g/mol. The van der Waals surface area contributed by atoms with Gasteiger partial charge in [0.05, 0.1) is 12.2 Å². The number of rotatable bonds is 5. The third-order valence-corrected chi connectivity index (χ3v) is 2.85. The Labute approximate surface area is 110 Å². The fraction of sp³-hybridized carbons (Fsp3) is 0.455. The van der Waals surface area contributed by atoms with Crippen molar-refractivity contribution in [1.82, 2.24) is 20.2 Å². The lowest BCUT2D eigenvalue weighted by Gasteiger charge is -2.12. The van der Waals surface area contributed by atoms with Gasteiger partial charge in [0.1, 0.15) is 6.04 Å². The van der Waals surface area contributed by atoms with Crippen molar-refractivity contribution in [3.63, 3.8) is 0 Å². The van der Waals surface area contributed by atoms with E-state index in [4.69, 9.17) is 5.84 Å². The van der Waals surface area contributed by atoms with E-state index in [9.17, 15) is 9.59 Å². The fourth-order valence-electron chi connectivity index (χ4n) is 1.93. The van der Waals surface area contributed by atoms with E-state index in [1.807, 2.05) is 6.92 Å². The molecule has 2 heterocycles. The molecule has 1 aliphatic rings. The monoisotopic (exact) mass is 264 g/mol. The molecule has 1 fully saturated rings. The fourth-order valence-corrected chi connectivity index (χ4v) is 1.93. The van der Waals surface area contributed by atoms with Gasteiger partial charge < -0.3 is 5.32 Å². The predicted octanol–water partition coefficient (Wildman–Crippen LogP) is -0.0173. The molecule has 102 valence electrons. The van der Waals surface area contributed by atoms with Crippen LogP contribution in [0.4, 0.5) is 10.7 Å². The third-order valence-electron chi connectivity index (χ3n) is 2.85. The molecule has 1 unspecified atom stereocenters. The molecule has 1 aromatic heterocycles. The number of hydrogen-bond acceptors (Lipinski definition) is 6. The maximum Gasteiger partial charge on any atom is 0.325 e. The summed E-state index contributed by atoms with van der Waals surface area (Å²) in [6.45, 7) is 2.08. The number of urea groups is 1. The van der Waals surface area contributed by atoms with Crippen LogP contribution in [0.1, 0.15) is 25.5 Å². The lowest BCUT2D eigenvalue weighted by Crippen LogP contribution is -2.31. The van der Waals surface area contributed by atoms with E-state index in [2.05, 4.69) is 20.7 Å². The Morgan fingerprint density at radius 3 is 3.00 bits per heavy atom. The zero-order chi connectivity index (χ0) is 13.8. The van der Waals surface area contributed by atoms with Gasteiger partial charge in [-0.15, -0.1) is 0 Å². The molecule has 0 aromatic carbocycles. The van der Waals surface area contributed by atoms with Crippen molar-refractivity contribution in [2.45, 2.75) is 32.4 Å². The number of anilines is 1. The molecule has 0 spiro atoms. The number of nitrogens with one attached hydrogen (secondary N) is 2. The Balaban J connectivity index is 2.10. The van der Waals surface area contributed by atoms with Crippen molar-refractivity contribution in [1.29, 1.82) is 0 Å². The van der Waals surface area contributed by atoms with E-state index in [1.165, 1.54) is 6.20 Å². The van der Waals surface area contributed by atoms with Gasteiger partial charge in [-0.25, -0.2) is 20.6 Å². The van der Waals surface area contributed by atoms with Crippen LogP contribution in [0.2, 0.25) is 0 Å². The molecule has 8 nitrogen and oxygen atoms in total. The first-order valence-electron chi connectivity index (χ1n) is 6.06. The molecule has 19 heavy (non-hydrogen) atoms. The maximum absolute atomic E-state index is 12.0. The number of amides is 3. The molecule has 1 aliphatic heterocycles. The van der Waals surface area contributed by atoms with Crippen molar-refractivity contribution in [2.75, 3.05) is 5.43 Å². The highest BCUT2D eigenvalue weighted by molar-refractivity contribution is 6.04. The lowest BCUT2D eigenvalue weighted by atomic mass is 10.1. The number of nitrogens with zero attached hydrogens (tertiary/aromatic N) is 3. The molecule has 1 aromatic rings. The number of aromatic nitrogens is 2. The molecule has 0 bridgehead atoms. The van der Waals surface area contributed by atoms with Crippen LogP contribution in [-0.2, 0) is 11.3 Å². The summed E-state index contributed by atoms with van der Waals surface area (Å²) < 4.78 is 0. The predicted molar refractivity (Wildman–Crippen MR) is 67.6 cm³/mol. The number of imide groups is 1. The van der Waals surface area contributed by atoms with Gasteiger partial charge in [0.25, 0.3) is 5.91 Å². The number of hydrazine groups is 1. The minimum Gasteiger partial charge on any atom is -0.326 e. The molecule has 0 radical (unpaired) electrons. The summed E-state index contributed by atoms with van der Waals surface area (Å²) in [4.78, 5) is 32.9. The van der Waals surface area contributed by atoms with E-state index in [-0.39, 0.29) is 24.4 Å². The van der Waals surface area contributed by atoms with E-state index < -0.39 is 6.04 Å². The van der Waals surface area contributed by atoms with Gasteiger partial charge in [0.2, 0.25) is 5.95 Å². The third kappa shape index (κ3) is 2.79. The van der Waals surface area contributed by atoms with Crippen LogP contribution < -0.4 is 16.6 Å². The Morgan fingerprint density at radius 1 is 1.53 bits per heavy atom. The second-order valence-electron chi connectivity index (χ2n) is 4.23. The summed E-state index contributed by atoms with van der Waals surface area (Å²) >= 11 is 0. The number of carbonyl (C=O) groups excluding carboxylic acids is 2. The van der Waals surface area contributed by atoms with E-state index in [0.29, 0.717) is 12.1 Å². The van der Waals surface area contributed by atoms with Crippen LogP contribution in [-0.4, -0.2) is 32.8 Å². The largest absolute Gasteiger partial charge is 0.326 e.